The molecular weight excluding hydrogens is 302 g/mol. The Hall–Kier alpha value is -1.79. The van der Waals surface area contributed by atoms with Gasteiger partial charge in [-0.3, -0.25) is 4.79 Å². The van der Waals surface area contributed by atoms with E-state index >= 15 is 0 Å². The Kier molecular flexibility index (Phi) is 5.26. The average molecular weight is 319 g/mol. The number of amides is 1. The minimum Gasteiger partial charge on any atom is -0.477 e. The molecule has 122 valence electrons. The van der Waals surface area contributed by atoms with Crippen LogP contribution in [0.15, 0.2) is 6.07 Å². The third-order valence-electron chi connectivity index (χ3n) is 3.88. The topological polar surface area (TPSA) is 38.3 Å². The van der Waals surface area contributed by atoms with E-state index in [4.69, 9.17) is 0 Å². The maximum atomic E-state index is 13.4. The average Bonchev–Trinajstić information content (AvgIpc) is 2.47. The summed E-state index contributed by atoms with van der Waals surface area (Å²) in [5.74, 6) is -7.95. The molecule has 1 saturated carbocycles. The molecule has 0 heterocycles. The van der Waals surface area contributed by atoms with E-state index in [2.05, 4.69) is 10.1 Å². The maximum Gasteiger partial charge on any atom is 0.258 e. The lowest BCUT2D eigenvalue weighted by Gasteiger charge is -2.29. The summed E-state index contributed by atoms with van der Waals surface area (Å²) in [6.45, 7) is 1.30. The molecule has 0 spiro atoms. The quantitative estimate of drug-likeness (QED) is 0.683. The van der Waals surface area contributed by atoms with E-state index in [1.807, 2.05) is 6.92 Å². The van der Waals surface area contributed by atoms with Crippen LogP contribution in [0.4, 0.5) is 17.6 Å². The van der Waals surface area contributed by atoms with Gasteiger partial charge in [-0.1, -0.05) is 19.8 Å². The van der Waals surface area contributed by atoms with Crippen LogP contribution in [0.1, 0.15) is 32.6 Å². The van der Waals surface area contributed by atoms with Gasteiger partial charge >= 0.3 is 0 Å². The smallest absolute Gasteiger partial charge is 0.258 e. The molecule has 1 aliphatic rings. The third kappa shape index (κ3) is 3.69. The van der Waals surface area contributed by atoms with Crippen LogP contribution in [0.3, 0.4) is 0 Å². The van der Waals surface area contributed by atoms with Gasteiger partial charge in [-0.05, 0) is 18.8 Å². The van der Waals surface area contributed by atoms with E-state index in [1.165, 1.54) is 0 Å². The summed E-state index contributed by atoms with van der Waals surface area (Å²) in [6, 6.07) is 0.0604. The summed E-state index contributed by atoms with van der Waals surface area (Å²) in [4.78, 5) is 11.8. The number of halogens is 4. The largest absolute Gasteiger partial charge is 0.477 e. The number of carbonyl (C=O) groups is 1. The summed E-state index contributed by atoms with van der Waals surface area (Å²) in [7, 11) is 0. The molecule has 1 aromatic carbocycles. The Labute approximate surface area is 125 Å². The molecule has 1 aromatic rings. The van der Waals surface area contributed by atoms with Gasteiger partial charge < -0.3 is 10.1 Å². The number of rotatable bonds is 4. The van der Waals surface area contributed by atoms with Crippen molar-refractivity contribution in [3.8, 4) is 5.75 Å². The fraction of sp³-hybridized carbons (Fsp3) is 0.533. The van der Waals surface area contributed by atoms with Crippen molar-refractivity contribution in [2.24, 2.45) is 5.92 Å². The monoisotopic (exact) mass is 319 g/mol. The predicted octanol–water partition coefficient (Wildman–Crippen LogP) is 3.32. The van der Waals surface area contributed by atoms with Gasteiger partial charge in [0, 0.05) is 12.1 Å². The summed E-state index contributed by atoms with van der Waals surface area (Å²) >= 11 is 0. The number of benzene rings is 1. The van der Waals surface area contributed by atoms with Crippen molar-refractivity contribution in [1.82, 2.24) is 5.32 Å². The first-order valence-electron chi connectivity index (χ1n) is 7.15. The van der Waals surface area contributed by atoms with Crippen molar-refractivity contribution in [2.75, 3.05) is 6.61 Å². The zero-order valence-electron chi connectivity index (χ0n) is 12.1. The number of hydrogen-bond donors (Lipinski definition) is 1. The second-order valence-electron chi connectivity index (χ2n) is 5.52. The molecule has 3 nitrogen and oxygen atoms in total. The molecule has 22 heavy (non-hydrogen) atoms. The predicted molar refractivity (Wildman–Crippen MR) is 71.3 cm³/mol. The molecule has 1 amide bonds. The zero-order valence-corrected chi connectivity index (χ0v) is 12.1. The van der Waals surface area contributed by atoms with Gasteiger partial charge in [-0.15, -0.1) is 0 Å². The van der Waals surface area contributed by atoms with Gasteiger partial charge in [-0.25, -0.2) is 8.78 Å². The number of ether oxygens (including phenoxy) is 1. The van der Waals surface area contributed by atoms with Gasteiger partial charge in [0.1, 0.15) is 0 Å². The molecule has 1 N–H and O–H groups in total. The Bertz CT molecular complexity index is 539. The lowest BCUT2D eigenvalue weighted by atomic mass is 9.86. The van der Waals surface area contributed by atoms with E-state index < -0.39 is 41.5 Å². The highest BCUT2D eigenvalue weighted by Gasteiger charge is 2.24. The first kappa shape index (κ1) is 16.6. The molecule has 2 atom stereocenters. The van der Waals surface area contributed by atoms with Gasteiger partial charge in [0.15, 0.2) is 24.0 Å². The molecule has 0 bridgehead atoms. The first-order valence-corrected chi connectivity index (χ1v) is 7.15. The Morgan fingerprint density at radius 2 is 1.77 bits per heavy atom. The standard InChI is InChI=1S/C15H17F4NO2/c1-8-4-2-3-5-11(8)20-12(21)7-22-15-13(18)9(16)6-10(17)14(15)19/h6,8,11H,2-5,7H2,1H3,(H,20,21)/t8-,11-/m0/s1. The molecule has 1 aliphatic carbocycles. The van der Waals surface area contributed by atoms with E-state index in [-0.39, 0.29) is 12.1 Å². The van der Waals surface area contributed by atoms with Crippen molar-refractivity contribution in [3.05, 3.63) is 29.3 Å². The summed E-state index contributed by atoms with van der Waals surface area (Å²) in [5.41, 5.74) is 0. The molecule has 2 rings (SSSR count). The highest BCUT2D eigenvalue weighted by atomic mass is 19.2. The van der Waals surface area contributed by atoms with Gasteiger partial charge in [0.2, 0.25) is 11.6 Å². The highest BCUT2D eigenvalue weighted by molar-refractivity contribution is 5.77. The van der Waals surface area contributed by atoms with E-state index in [0.29, 0.717) is 5.92 Å². The van der Waals surface area contributed by atoms with Crippen LogP contribution in [0.2, 0.25) is 0 Å². The van der Waals surface area contributed by atoms with Crippen LogP contribution in [-0.4, -0.2) is 18.6 Å². The van der Waals surface area contributed by atoms with Crippen molar-refractivity contribution in [3.63, 3.8) is 0 Å². The van der Waals surface area contributed by atoms with Crippen LogP contribution in [-0.2, 0) is 4.79 Å². The summed E-state index contributed by atoms with van der Waals surface area (Å²) < 4.78 is 57.4. The summed E-state index contributed by atoms with van der Waals surface area (Å²) in [6.07, 6.45) is 3.91. The number of hydrogen-bond acceptors (Lipinski definition) is 2. The Morgan fingerprint density at radius 1 is 1.18 bits per heavy atom. The number of carbonyl (C=O) groups excluding carboxylic acids is 1. The van der Waals surface area contributed by atoms with Gasteiger partial charge in [0.25, 0.3) is 5.91 Å². The van der Waals surface area contributed by atoms with Crippen LogP contribution >= 0.6 is 0 Å². The SMILES string of the molecule is C[C@H]1CCCC[C@@H]1NC(=O)COc1c(F)c(F)cc(F)c1F. The molecule has 0 unspecified atom stereocenters. The zero-order chi connectivity index (χ0) is 16.3. The van der Waals surface area contributed by atoms with Crippen molar-refractivity contribution in [2.45, 2.75) is 38.6 Å². The Morgan fingerprint density at radius 3 is 2.36 bits per heavy atom. The minimum absolute atomic E-state index is 0.0243. The van der Waals surface area contributed by atoms with Gasteiger partial charge in [0.05, 0.1) is 0 Å². The molecule has 1 fully saturated rings. The van der Waals surface area contributed by atoms with E-state index in [1.54, 1.807) is 0 Å². The molecule has 0 saturated heterocycles. The van der Waals surface area contributed by atoms with Crippen LogP contribution in [0, 0.1) is 29.2 Å². The molecular formula is C15H17F4NO2. The minimum atomic E-state index is -1.65. The fourth-order valence-electron chi connectivity index (χ4n) is 2.59. The van der Waals surface area contributed by atoms with E-state index in [0.717, 1.165) is 25.7 Å². The van der Waals surface area contributed by atoms with Gasteiger partial charge in [-0.2, -0.15) is 8.78 Å². The number of nitrogens with one attached hydrogen (secondary N) is 1. The fourth-order valence-corrected chi connectivity index (χ4v) is 2.59. The van der Waals surface area contributed by atoms with Crippen molar-refractivity contribution < 1.29 is 27.1 Å². The molecule has 7 heteroatoms. The second-order valence-corrected chi connectivity index (χ2v) is 5.52. The van der Waals surface area contributed by atoms with Crippen LogP contribution < -0.4 is 10.1 Å². The lowest BCUT2D eigenvalue weighted by molar-refractivity contribution is -0.124. The first-order chi connectivity index (χ1) is 10.4. The van der Waals surface area contributed by atoms with Crippen molar-refractivity contribution >= 4 is 5.91 Å². The highest BCUT2D eigenvalue weighted by Crippen LogP contribution is 2.26. The lowest BCUT2D eigenvalue weighted by Crippen LogP contribution is -2.43. The van der Waals surface area contributed by atoms with Crippen molar-refractivity contribution in [1.29, 1.82) is 0 Å². The normalized spacial score (nSPS) is 21.5. The molecule has 0 aromatic heterocycles. The summed E-state index contributed by atoms with van der Waals surface area (Å²) in [5, 5.41) is 2.71. The molecule has 0 aliphatic heterocycles. The molecule has 0 radical (unpaired) electrons. The Balaban J connectivity index is 1.97. The second kappa shape index (κ2) is 6.98. The van der Waals surface area contributed by atoms with Crippen LogP contribution in [0.25, 0.3) is 0 Å². The third-order valence-corrected chi connectivity index (χ3v) is 3.88. The maximum absolute atomic E-state index is 13.4. The van der Waals surface area contributed by atoms with E-state index in [9.17, 15) is 22.4 Å². The van der Waals surface area contributed by atoms with Crippen LogP contribution in [0.5, 0.6) is 5.75 Å².